The van der Waals surface area contributed by atoms with Crippen LogP contribution in [0.3, 0.4) is 0 Å². The molecule has 3 heteroatoms. The van der Waals surface area contributed by atoms with Gasteiger partial charge in [0.05, 0.1) is 12.2 Å². The van der Waals surface area contributed by atoms with Crippen molar-refractivity contribution in [2.24, 2.45) is 5.41 Å². The molecule has 110 valence electrons. The minimum atomic E-state index is 0.188. The van der Waals surface area contributed by atoms with E-state index in [2.05, 4.69) is 31.3 Å². The number of hydrogen-bond donors (Lipinski definition) is 1. The van der Waals surface area contributed by atoms with Crippen molar-refractivity contribution < 1.29 is 0 Å². The lowest BCUT2D eigenvalue weighted by molar-refractivity contribution is 0.404. The van der Waals surface area contributed by atoms with Gasteiger partial charge in [0.15, 0.2) is 0 Å². The van der Waals surface area contributed by atoms with E-state index in [1.165, 1.54) is 32.1 Å². The normalized spacial score (nSPS) is 17.1. The second-order valence-electron chi connectivity index (χ2n) is 7.16. The lowest BCUT2D eigenvalue weighted by Gasteiger charge is -2.21. The highest BCUT2D eigenvalue weighted by Gasteiger charge is 2.25. The fourth-order valence-corrected chi connectivity index (χ4v) is 3.10. The van der Waals surface area contributed by atoms with Gasteiger partial charge in [0.25, 0.3) is 0 Å². The summed E-state index contributed by atoms with van der Waals surface area (Å²) in [5.74, 6) is 5.16. The molecule has 0 aromatic carbocycles. The van der Waals surface area contributed by atoms with Crippen LogP contribution in [-0.2, 0) is 13.0 Å². The number of terminal acetylenes is 1. The number of nitrogen functional groups attached to an aromatic ring is 1. The molecule has 1 heterocycles. The first-order chi connectivity index (χ1) is 9.42. The van der Waals surface area contributed by atoms with Gasteiger partial charge in [-0.25, -0.2) is 4.98 Å². The molecule has 2 N–H and O–H groups in total. The first-order valence-electron chi connectivity index (χ1n) is 7.70. The van der Waals surface area contributed by atoms with Crippen LogP contribution in [0.25, 0.3) is 0 Å². The van der Waals surface area contributed by atoms with Crippen molar-refractivity contribution in [2.45, 2.75) is 71.8 Å². The van der Waals surface area contributed by atoms with Crippen molar-refractivity contribution in [3.05, 3.63) is 11.5 Å². The summed E-state index contributed by atoms with van der Waals surface area (Å²) in [5.41, 5.74) is 7.52. The van der Waals surface area contributed by atoms with Crippen molar-refractivity contribution >= 4 is 5.82 Å². The number of rotatable bonds is 3. The van der Waals surface area contributed by atoms with E-state index in [-0.39, 0.29) is 5.41 Å². The Morgan fingerprint density at radius 1 is 1.30 bits per heavy atom. The summed E-state index contributed by atoms with van der Waals surface area (Å²) in [5, 5.41) is 0. The summed E-state index contributed by atoms with van der Waals surface area (Å²) >= 11 is 0. The molecule has 1 aromatic heterocycles. The first kappa shape index (κ1) is 15.0. The van der Waals surface area contributed by atoms with Crippen LogP contribution >= 0.6 is 0 Å². The molecule has 0 aliphatic heterocycles. The zero-order valence-electron chi connectivity index (χ0n) is 13.1. The zero-order chi connectivity index (χ0) is 14.8. The number of aromatic nitrogens is 2. The molecule has 0 amide bonds. The molecule has 0 radical (unpaired) electrons. The Labute approximate surface area is 123 Å². The molecule has 0 spiro atoms. The molecular weight excluding hydrogens is 246 g/mol. The molecule has 0 unspecified atom stereocenters. The fourth-order valence-electron chi connectivity index (χ4n) is 3.10. The molecule has 0 bridgehead atoms. The second kappa shape index (κ2) is 5.91. The van der Waals surface area contributed by atoms with Gasteiger partial charge in [-0.3, -0.25) is 0 Å². The van der Waals surface area contributed by atoms with E-state index in [1.54, 1.807) is 0 Å². The lowest BCUT2D eigenvalue weighted by atomic mass is 9.88. The standard InChI is InChI=1S/C17H27N3/c1-5-11-20-15(18)14(12-17(2,3)4)19-16(20)13-9-7-6-8-10-13/h1,13H,6-12,18H2,2-4H3. The van der Waals surface area contributed by atoms with Gasteiger partial charge in [-0.05, 0) is 24.7 Å². The molecule has 1 fully saturated rings. The molecule has 0 saturated heterocycles. The Morgan fingerprint density at radius 3 is 2.50 bits per heavy atom. The third kappa shape index (κ3) is 3.36. The van der Waals surface area contributed by atoms with E-state index >= 15 is 0 Å². The highest BCUT2D eigenvalue weighted by molar-refractivity contribution is 5.40. The van der Waals surface area contributed by atoms with Crippen LogP contribution < -0.4 is 5.73 Å². The van der Waals surface area contributed by atoms with Crippen LogP contribution in [0, 0.1) is 17.8 Å². The maximum atomic E-state index is 6.31. The quantitative estimate of drug-likeness (QED) is 0.853. The molecule has 1 aliphatic rings. The van der Waals surface area contributed by atoms with Gasteiger partial charge in [0.1, 0.15) is 11.6 Å². The topological polar surface area (TPSA) is 43.8 Å². The number of imidazole rings is 1. The van der Waals surface area contributed by atoms with Gasteiger partial charge in [0, 0.05) is 5.92 Å². The SMILES string of the molecule is C#CCn1c(C2CCCCC2)nc(CC(C)(C)C)c1N. The zero-order valence-corrected chi connectivity index (χ0v) is 13.1. The Morgan fingerprint density at radius 2 is 1.95 bits per heavy atom. The van der Waals surface area contributed by atoms with Crippen molar-refractivity contribution in [2.75, 3.05) is 5.73 Å². The van der Waals surface area contributed by atoms with Gasteiger partial charge in [-0.1, -0.05) is 46.0 Å². The molecule has 20 heavy (non-hydrogen) atoms. The van der Waals surface area contributed by atoms with E-state index in [4.69, 9.17) is 17.1 Å². The van der Waals surface area contributed by atoms with Crippen LogP contribution in [0.2, 0.25) is 0 Å². The monoisotopic (exact) mass is 273 g/mol. The lowest BCUT2D eigenvalue weighted by Crippen LogP contribution is -2.13. The summed E-state index contributed by atoms with van der Waals surface area (Å²) in [7, 11) is 0. The third-order valence-electron chi connectivity index (χ3n) is 4.03. The molecule has 2 rings (SSSR count). The van der Waals surface area contributed by atoms with E-state index < -0.39 is 0 Å². The van der Waals surface area contributed by atoms with E-state index in [1.807, 2.05) is 0 Å². The van der Waals surface area contributed by atoms with Gasteiger partial charge in [0.2, 0.25) is 0 Å². The Balaban J connectivity index is 2.34. The predicted molar refractivity (Wildman–Crippen MR) is 84.5 cm³/mol. The average Bonchev–Trinajstić information content (AvgIpc) is 2.67. The highest BCUT2D eigenvalue weighted by Crippen LogP contribution is 2.35. The molecular formula is C17H27N3. The number of nitrogens with zero attached hydrogens (tertiary/aromatic N) is 2. The van der Waals surface area contributed by atoms with Crippen LogP contribution in [0.4, 0.5) is 5.82 Å². The summed E-state index contributed by atoms with van der Waals surface area (Å²) in [6.45, 7) is 7.18. The van der Waals surface area contributed by atoms with Crippen molar-refractivity contribution in [3.63, 3.8) is 0 Å². The molecule has 1 aliphatic carbocycles. The van der Waals surface area contributed by atoms with Crippen LogP contribution in [0.1, 0.15) is 70.3 Å². The van der Waals surface area contributed by atoms with Gasteiger partial charge in [-0.15, -0.1) is 6.42 Å². The number of anilines is 1. The average molecular weight is 273 g/mol. The summed E-state index contributed by atoms with van der Waals surface area (Å²) < 4.78 is 2.07. The third-order valence-corrected chi connectivity index (χ3v) is 4.03. The summed E-state index contributed by atoms with van der Waals surface area (Å²) in [6, 6.07) is 0. The maximum Gasteiger partial charge on any atom is 0.127 e. The Kier molecular flexibility index (Phi) is 4.42. The van der Waals surface area contributed by atoms with Gasteiger partial charge >= 0.3 is 0 Å². The van der Waals surface area contributed by atoms with Crippen molar-refractivity contribution in [3.8, 4) is 12.3 Å². The second-order valence-corrected chi connectivity index (χ2v) is 7.16. The highest BCUT2D eigenvalue weighted by atomic mass is 15.1. The summed E-state index contributed by atoms with van der Waals surface area (Å²) in [4.78, 5) is 4.88. The van der Waals surface area contributed by atoms with Crippen LogP contribution in [-0.4, -0.2) is 9.55 Å². The minimum Gasteiger partial charge on any atom is -0.384 e. The maximum absolute atomic E-state index is 6.31. The fraction of sp³-hybridized carbons (Fsp3) is 0.706. The number of nitrogens with two attached hydrogens (primary N) is 1. The predicted octanol–water partition coefficient (Wildman–Crippen LogP) is 3.73. The largest absolute Gasteiger partial charge is 0.384 e. The summed E-state index contributed by atoms with van der Waals surface area (Å²) in [6.07, 6.45) is 12.8. The number of hydrogen-bond acceptors (Lipinski definition) is 2. The van der Waals surface area contributed by atoms with E-state index in [0.717, 1.165) is 23.8 Å². The Hall–Kier alpha value is -1.43. The molecule has 1 aromatic rings. The smallest absolute Gasteiger partial charge is 0.127 e. The van der Waals surface area contributed by atoms with Crippen LogP contribution in [0.15, 0.2) is 0 Å². The first-order valence-corrected chi connectivity index (χ1v) is 7.70. The molecule has 1 saturated carbocycles. The van der Waals surface area contributed by atoms with Crippen LogP contribution in [0.5, 0.6) is 0 Å². The molecule has 0 atom stereocenters. The van der Waals surface area contributed by atoms with Gasteiger partial charge < -0.3 is 10.3 Å². The Bertz CT molecular complexity index is 494. The van der Waals surface area contributed by atoms with E-state index in [0.29, 0.717) is 12.5 Å². The molecule has 3 nitrogen and oxygen atoms in total. The van der Waals surface area contributed by atoms with Crippen molar-refractivity contribution in [1.29, 1.82) is 0 Å². The van der Waals surface area contributed by atoms with E-state index in [9.17, 15) is 0 Å². The van der Waals surface area contributed by atoms with Crippen molar-refractivity contribution in [1.82, 2.24) is 9.55 Å². The minimum absolute atomic E-state index is 0.188. The van der Waals surface area contributed by atoms with Gasteiger partial charge in [-0.2, -0.15) is 0 Å².